The molecule has 3 aromatic rings. The van der Waals surface area contributed by atoms with Crippen LogP contribution in [0.5, 0.6) is 23.1 Å². The van der Waals surface area contributed by atoms with Crippen LogP contribution in [0.4, 0.5) is 4.79 Å². The first-order chi connectivity index (χ1) is 16.0. The average Bonchev–Trinajstić information content (AvgIpc) is 3.42. The number of quaternary nitrogens is 1. The second-order valence-electron chi connectivity index (χ2n) is 7.48. The van der Waals surface area contributed by atoms with E-state index in [1.807, 2.05) is 12.1 Å². The number of nitrogens with zero attached hydrogens (tertiary/aromatic N) is 4. The molecule has 1 saturated heterocycles. The summed E-state index contributed by atoms with van der Waals surface area (Å²) in [5.41, 5.74) is 0.879. The Morgan fingerprint density at radius 1 is 1.18 bits per heavy atom. The maximum Gasteiger partial charge on any atom is 0.410 e. The molecular formula is C21H28N5O6S+. The Labute approximate surface area is 195 Å². The molecule has 0 unspecified atom stereocenters. The number of methoxy groups -OCH3 is 3. The Morgan fingerprint density at radius 3 is 2.39 bits per heavy atom. The van der Waals surface area contributed by atoms with E-state index in [-0.39, 0.29) is 18.0 Å². The number of ether oxygens (including phenoxy) is 4. The van der Waals surface area contributed by atoms with Crippen LogP contribution in [0.2, 0.25) is 0 Å². The van der Waals surface area contributed by atoms with Crippen molar-refractivity contribution in [2.24, 2.45) is 0 Å². The molecule has 1 fully saturated rings. The lowest BCUT2D eigenvalue weighted by molar-refractivity contribution is -0.929. The number of fused-ring (bicyclic) bond motifs is 1. The maximum absolute atomic E-state index is 12.2. The number of thiazole rings is 1. The Bertz CT molecular complexity index is 1100. The van der Waals surface area contributed by atoms with Crippen LogP contribution in [-0.4, -0.2) is 84.8 Å². The molecule has 1 aliphatic heterocycles. The van der Waals surface area contributed by atoms with E-state index in [2.05, 4.69) is 10.1 Å². The van der Waals surface area contributed by atoms with E-state index in [4.69, 9.17) is 18.9 Å². The number of aromatic nitrogens is 3. The molecular weight excluding hydrogens is 450 g/mol. The number of aromatic hydroxyl groups is 1. The van der Waals surface area contributed by atoms with Gasteiger partial charge in [0.05, 0.1) is 54.1 Å². The first kappa shape index (κ1) is 22.9. The van der Waals surface area contributed by atoms with Gasteiger partial charge in [-0.3, -0.25) is 4.90 Å². The lowest BCUT2D eigenvalue weighted by Crippen LogP contribution is -3.15. The van der Waals surface area contributed by atoms with E-state index < -0.39 is 0 Å². The van der Waals surface area contributed by atoms with Gasteiger partial charge in [0.15, 0.2) is 17.5 Å². The molecule has 178 valence electrons. The van der Waals surface area contributed by atoms with Gasteiger partial charge in [-0.05, 0) is 19.1 Å². The highest BCUT2D eigenvalue weighted by atomic mass is 32.1. The fourth-order valence-corrected chi connectivity index (χ4v) is 5.32. The van der Waals surface area contributed by atoms with Gasteiger partial charge in [0.2, 0.25) is 16.6 Å². The van der Waals surface area contributed by atoms with Crippen molar-refractivity contribution in [3.8, 4) is 23.1 Å². The largest absolute Gasteiger partial charge is 0.493 e. The predicted octanol–water partition coefficient (Wildman–Crippen LogP) is 0.969. The lowest BCUT2D eigenvalue weighted by Gasteiger charge is -2.36. The van der Waals surface area contributed by atoms with E-state index in [9.17, 15) is 9.90 Å². The summed E-state index contributed by atoms with van der Waals surface area (Å²) in [6, 6.07) is 3.52. The van der Waals surface area contributed by atoms with Gasteiger partial charge < -0.3 is 29.0 Å². The topological polar surface area (TPSA) is 112 Å². The SMILES string of the molecule is CCOC(=O)N1CC[NH+]([C@H](c2cc(OC)c(OC)c(OC)c2)c2sc3ncnn3c2O)CC1. The molecule has 0 bridgehead atoms. The third-order valence-corrected chi connectivity index (χ3v) is 6.86. The van der Waals surface area contributed by atoms with Gasteiger partial charge >= 0.3 is 6.09 Å². The van der Waals surface area contributed by atoms with Crippen molar-refractivity contribution < 1.29 is 33.7 Å². The van der Waals surface area contributed by atoms with E-state index >= 15 is 0 Å². The summed E-state index contributed by atoms with van der Waals surface area (Å²) in [6.07, 6.45) is 1.11. The maximum atomic E-state index is 12.2. The van der Waals surface area contributed by atoms with Crippen molar-refractivity contribution in [1.82, 2.24) is 19.5 Å². The normalized spacial score (nSPS) is 15.5. The summed E-state index contributed by atoms with van der Waals surface area (Å²) in [6.45, 7) is 4.54. The quantitative estimate of drug-likeness (QED) is 0.517. The fraction of sp³-hybridized carbons (Fsp3) is 0.476. The number of benzene rings is 1. The highest BCUT2D eigenvalue weighted by Gasteiger charge is 2.37. The molecule has 11 nitrogen and oxygen atoms in total. The monoisotopic (exact) mass is 478 g/mol. The second-order valence-corrected chi connectivity index (χ2v) is 8.49. The van der Waals surface area contributed by atoms with Crippen molar-refractivity contribution >= 4 is 22.4 Å². The van der Waals surface area contributed by atoms with Crippen LogP contribution in [-0.2, 0) is 4.74 Å². The lowest BCUT2D eigenvalue weighted by atomic mass is 10.0. The minimum absolute atomic E-state index is 0.0478. The zero-order chi connectivity index (χ0) is 23.5. The smallest absolute Gasteiger partial charge is 0.410 e. The highest BCUT2D eigenvalue weighted by molar-refractivity contribution is 7.17. The van der Waals surface area contributed by atoms with Gasteiger partial charge in [-0.25, -0.2) is 9.78 Å². The van der Waals surface area contributed by atoms with Crippen molar-refractivity contribution in [2.75, 3.05) is 54.1 Å². The summed E-state index contributed by atoms with van der Waals surface area (Å²) in [4.78, 5) is 20.6. The summed E-state index contributed by atoms with van der Waals surface area (Å²) in [5, 5.41) is 15.1. The Balaban J connectivity index is 1.76. The highest BCUT2D eigenvalue weighted by Crippen LogP contribution is 2.42. The zero-order valence-corrected chi connectivity index (χ0v) is 19.8. The van der Waals surface area contributed by atoms with Crippen LogP contribution in [0.1, 0.15) is 23.4 Å². The molecule has 1 atom stereocenters. The zero-order valence-electron chi connectivity index (χ0n) is 19.0. The van der Waals surface area contributed by atoms with Crippen LogP contribution in [0.25, 0.3) is 4.96 Å². The summed E-state index contributed by atoms with van der Waals surface area (Å²) < 4.78 is 23.2. The number of carbonyl (C=O) groups excluding carboxylic acids is 1. The average molecular weight is 479 g/mol. The number of rotatable bonds is 7. The van der Waals surface area contributed by atoms with Gasteiger partial charge in [-0.2, -0.15) is 9.61 Å². The first-order valence-corrected chi connectivity index (χ1v) is 11.4. The molecule has 3 heterocycles. The minimum Gasteiger partial charge on any atom is -0.493 e. The van der Waals surface area contributed by atoms with Gasteiger partial charge in [-0.15, -0.1) is 0 Å². The Morgan fingerprint density at radius 2 is 1.85 bits per heavy atom. The van der Waals surface area contributed by atoms with Gasteiger partial charge in [0.1, 0.15) is 11.2 Å². The van der Waals surface area contributed by atoms with E-state index in [1.165, 1.54) is 27.1 Å². The molecule has 2 aromatic heterocycles. The molecule has 0 radical (unpaired) electrons. The minimum atomic E-state index is -0.303. The molecule has 2 N–H and O–H groups in total. The standard InChI is InChI=1S/C21H27N5O6S/c1-5-32-21(28)25-8-6-24(7-9-25)16(18-19(27)26-20(33-18)22-12-23-26)13-10-14(29-2)17(31-4)15(11-13)30-3/h10-12,16,27H,5-9H2,1-4H3/p+1/t16-/m1/s1. The number of carbonyl (C=O) groups is 1. The van der Waals surface area contributed by atoms with Gasteiger partial charge in [0.25, 0.3) is 0 Å². The summed E-state index contributed by atoms with van der Waals surface area (Å²) in [5.74, 6) is 1.60. The number of piperazine rings is 1. The number of hydrogen-bond acceptors (Lipinski definition) is 9. The van der Waals surface area contributed by atoms with Crippen molar-refractivity contribution in [3.05, 3.63) is 28.9 Å². The van der Waals surface area contributed by atoms with Crippen LogP contribution < -0.4 is 19.1 Å². The number of hydrogen-bond donors (Lipinski definition) is 2. The third kappa shape index (κ3) is 4.23. The molecule has 1 aliphatic rings. The van der Waals surface area contributed by atoms with E-state index in [0.717, 1.165) is 10.4 Å². The molecule has 0 aliphatic carbocycles. The van der Waals surface area contributed by atoms with E-state index in [1.54, 1.807) is 33.2 Å². The Hall–Kier alpha value is -3.25. The summed E-state index contributed by atoms with van der Waals surface area (Å²) in [7, 11) is 4.70. The van der Waals surface area contributed by atoms with Crippen LogP contribution in [0.15, 0.2) is 18.5 Å². The second kappa shape index (κ2) is 9.71. The van der Waals surface area contributed by atoms with Crippen LogP contribution in [0, 0.1) is 0 Å². The first-order valence-electron chi connectivity index (χ1n) is 10.6. The predicted molar refractivity (Wildman–Crippen MR) is 120 cm³/mol. The molecule has 4 rings (SSSR count). The van der Waals surface area contributed by atoms with Crippen molar-refractivity contribution in [2.45, 2.75) is 13.0 Å². The fourth-order valence-electron chi connectivity index (χ4n) is 4.20. The molecule has 1 aromatic carbocycles. The van der Waals surface area contributed by atoms with Crippen molar-refractivity contribution in [3.63, 3.8) is 0 Å². The van der Waals surface area contributed by atoms with Crippen LogP contribution >= 0.6 is 11.3 Å². The van der Waals surface area contributed by atoms with Crippen molar-refractivity contribution in [1.29, 1.82) is 0 Å². The van der Waals surface area contributed by atoms with E-state index in [0.29, 0.717) is 55.0 Å². The number of amides is 1. The Kier molecular flexibility index (Phi) is 6.75. The third-order valence-electron chi connectivity index (χ3n) is 5.76. The molecule has 1 amide bonds. The van der Waals surface area contributed by atoms with Gasteiger partial charge in [0, 0.05) is 5.56 Å². The van der Waals surface area contributed by atoms with Gasteiger partial charge in [-0.1, -0.05) is 11.3 Å². The van der Waals surface area contributed by atoms with Crippen LogP contribution in [0.3, 0.4) is 0 Å². The molecule has 0 saturated carbocycles. The summed E-state index contributed by atoms with van der Waals surface area (Å²) >= 11 is 1.38. The molecule has 33 heavy (non-hydrogen) atoms. The number of nitrogens with one attached hydrogen (secondary N) is 1. The molecule has 0 spiro atoms. The molecule has 12 heteroatoms.